The van der Waals surface area contributed by atoms with Gasteiger partial charge in [-0.1, -0.05) is 29.5 Å². The Morgan fingerprint density at radius 2 is 2.08 bits per heavy atom. The third-order valence-electron chi connectivity index (χ3n) is 4.52. The summed E-state index contributed by atoms with van der Waals surface area (Å²) in [6.45, 7) is 7.24. The Labute approximate surface area is 151 Å². The zero-order chi connectivity index (χ0) is 17.4. The minimum Gasteiger partial charge on any atom is -0.444 e. The van der Waals surface area contributed by atoms with Crippen molar-refractivity contribution in [1.29, 1.82) is 0 Å². The molecule has 130 valence electrons. The standard InChI is InChI=1S/C19H22N4OS/c1-4-23-17(14-6-7-14)21-22-19(23)25-11-15-10-24-18(20-15)16-8-5-12(2)9-13(16)3/h5,8-10,14H,4,6-7,11H2,1-3H3. The summed E-state index contributed by atoms with van der Waals surface area (Å²) in [5, 5.41) is 9.72. The number of aryl methyl sites for hydroxylation is 2. The van der Waals surface area contributed by atoms with Crippen molar-refractivity contribution in [2.75, 3.05) is 0 Å². The molecule has 0 atom stereocenters. The molecule has 1 aliphatic carbocycles. The topological polar surface area (TPSA) is 56.7 Å². The number of thioether (sulfide) groups is 1. The van der Waals surface area contributed by atoms with Gasteiger partial charge >= 0.3 is 0 Å². The summed E-state index contributed by atoms with van der Waals surface area (Å²) in [6.07, 6.45) is 4.23. The molecule has 1 fully saturated rings. The molecular weight excluding hydrogens is 332 g/mol. The molecule has 0 spiro atoms. The lowest BCUT2D eigenvalue weighted by molar-refractivity contribution is 0.573. The molecule has 1 aliphatic rings. The van der Waals surface area contributed by atoms with Crippen molar-refractivity contribution in [2.24, 2.45) is 0 Å². The predicted octanol–water partition coefficient (Wildman–Crippen LogP) is 4.74. The zero-order valence-electron chi connectivity index (χ0n) is 14.8. The smallest absolute Gasteiger partial charge is 0.226 e. The van der Waals surface area contributed by atoms with Crippen molar-refractivity contribution in [3.8, 4) is 11.5 Å². The largest absolute Gasteiger partial charge is 0.444 e. The Kier molecular flexibility index (Phi) is 4.37. The highest BCUT2D eigenvalue weighted by Gasteiger charge is 2.30. The van der Waals surface area contributed by atoms with E-state index in [1.807, 2.05) is 0 Å². The molecule has 2 heterocycles. The van der Waals surface area contributed by atoms with Crippen LogP contribution in [0.15, 0.2) is 34.0 Å². The van der Waals surface area contributed by atoms with Gasteiger partial charge in [-0.05, 0) is 45.2 Å². The maximum Gasteiger partial charge on any atom is 0.226 e. The Morgan fingerprint density at radius 1 is 1.24 bits per heavy atom. The first-order valence-electron chi connectivity index (χ1n) is 8.73. The number of oxazole rings is 1. The molecule has 0 unspecified atom stereocenters. The van der Waals surface area contributed by atoms with Crippen LogP contribution in [0.25, 0.3) is 11.5 Å². The molecule has 5 nitrogen and oxygen atoms in total. The van der Waals surface area contributed by atoms with Crippen molar-refractivity contribution < 1.29 is 4.42 Å². The minimum absolute atomic E-state index is 0.616. The lowest BCUT2D eigenvalue weighted by atomic mass is 10.1. The van der Waals surface area contributed by atoms with Crippen LogP contribution in [-0.2, 0) is 12.3 Å². The predicted molar refractivity (Wildman–Crippen MR) is 98.6 cm³/mol. The van der Waals surface area contributed by atoms with Crippen LogP contribution in [0.5, 0.6) is 0 Å². The molecule has 2 aromatic heterocycles. The van der Waals surface area contributed by atoms with Gasteiger partial charge in [0, 0.05) is 23.8 Å². The first kappa shape index (κ1) is 16.4. The van der Waals surface area contributed by atoms with E-state index in [2.05, 4.69) is 58.7 Å². The monoisotopic (exact) mass is 354 g/mol. The first-order chi connectivity index (χ1) is 12.2. The summed E-state index contributed by atoms with van der Waals surface area (Å²) in [6, 6.07) is 6.31. The molecule has 1 aromatic carbocycles. The number of nitrogens with zero attached hydrogens (tertiary/aromatic N) is 4. The van der Waals surface area contributed by atoms with Crippen molar-refractivity contribution in [3.63, 3.8) is 0 Å². The molecule has 6 heteroatoms. The molecule has 0 aliphatic heterocycles. The summed E-state index contributed by atoms with van der Waals surface area (Å²) >= 11 is 1.67. The molecular formula is C19H22N4OS. The fraction of sp³-hybridized carbons (Fsp3) is 0.421. The average molecular weight is 354 g/mol. The van der Waals surface area contributed by atoms with Gasteiger partial charge in [-0.25, -0.2) is 4.98 Å². The summed E-state index contributed by atoms with van der Waals surface area (Å²) in [4.78, 5) is 4.65. The minimum atomic E-state index is 0.616. The van der Waals surface area contributed by atoms with Gasteiger partial charge in [0.05, 0.1) is 5.69 Å². The van der Waals surface area contributed by atoms with E-state index >= 15 is 0 Å². The maximum atomic E-state index is 5.70. The Hall–Kier alpha value is -2.08. The first-order valence-corrected chi connectivity index (χ1v) is 9.72. The van der Waals surface area contributed by atoms with Crippen LogP contribution < -0.4 is 0 Å². The van der Waals surface area contributed by atoms with Crippen LogP contribution in [0.3, 0.4) is 0 Å². The fourth-order valence-corrected chi connectivity index (χ4v) is 3.92. The molecule has 0 bridgehead atoms. The average Bonchev–Trinajstić information content (AvgIpc) is 3.18. The molecule has 0 radical (unpaired) electrons. The van der Waals surface area contributed by atoms with Gasteiger partial charge < -0.3 is 8.98 Å². The molecule has 0 amide bonds. The highest BCUT2D eigenvalue weighted by Crippen LogP contribution is 2.40. The van der Waals surface area contributed by atoms with E-state index in [-0.39, 0.29) is 0 Å². The number of benzene rings is 1. The van der Waals surface area contributed by atoms with E-state index in [0.29, 0.717) is 11.8 Å². The number of rotatable bonds is 6. The van der Waals surface area contributed by atoms with Gasteiger partial charge in [-0.15, -0.1) is 10.2 Å². The quantitative estimate of drug-likeness (QED) is 0.599. The third-order valence-corrected chi connectivity index (χ3v) is 5.52. The Balaban J connectivity index is 1.48. The molecule has 0 saturated heterocycles. The van der Waals surface area contributed by atoms with Gasteiger partial charge in [0.1, 0.15) is 12.1 Å². The SMILES string of the molecule is CCn1c(SCc2coc(-c3ccc(C)cc3C)n2)nnc1C1CC1. The second-order valence-corrected chi connectivity index (χ2v) is 7.55. The van der Waals surface area contributed by atoms with Crippen molar-refractivity contribution in [3.05, 3.63) is 47.1 Å². The number of aromatic nitrogens is 4. The summed E-state index contributed by atoms with van der Waals surface area (Å²) in [7, 11) is 0. The van der Waals surface area contributed by atoms with Crippen LogP contribution in [0.1, 0.15) is 48.3 Å². The van der Waals surface area contributed by atoms with Crippen LogP contribution in [0.2, 0.25) is 0 Å². The van der Waals surface area contributed by atoms with E-state index in [9.17, 15) is 0 Å². The van der Waals surface area contributed by atoms with Crippen LogP contribution in [0.4, 0.5) is 0 Å². The van der Waals surface area contributed by atoms with E-state index < -0.39 is 0 Å². The van der Waals surface area contributed by atoms with E-state index in [4.69, 9.17) is 4.42 Å². The lowest BCUT2D eigenvalue weighted by Crippen LogP contribution is -2.02. The van der Waals surface area contributed by atoms with Gasteiger partial charge in [-0.2, -0.15) is 0 Å². The van der Waals surface area contributed by atoms with Crippen LogP contribution in [-0.4, -0.2) is 19.7 Å². The van der Waals surface area contributed by atoms with E-state index in [0.717, 1.165) is 34.5 Å². The maximum absolute atomic E-state index is 5.70. The molecule has 25 heavy (non-hydrogen) atoms. The van der Waals surface area contributed by atoms with Crippen LogP contribution in [0, 0.1) is 13.8 Å². The highest BCUT2D eigenvalue weighted by molar-refractivity contribution is 7.98. The summed E-state index contributed by atoms with van der Waals surface area (Å²) < 4.78 is 7.93. The van der Waals surface area contributed by atoms with Gasteiger partial charge in [0.15, 0.2) is 5.16 Å². The molecule has 3 aromatic rings. The molecule has 4 rings (SSSR count). The highest BCUT2D eigenvalue weighted by atomic mass is 32.2. The summed E-state index contributed by atoms with van der Waals surface area (Å²) in [5.74, 6) is 3.17. The lowest BCUT2D eigenvalue weighted by Gasteiger charge is -2.05. The van der Waals surface area contributed by atoms with E-state index in [1.54, 1.807) is 18.0 Å². The van der Waals surface area contributed by atoms with Crippen LogP contribution >= 0.6 is 11.8 Å². The Morgan fingerprint density at radius 3 is 2.80 bits per heavy atom. The van der Waals surface area contributed by atoms with Gasteiger partial charge in [0.25, 0.3) is 0 Å². The number of hydrogen-bond donors (Lipinski definition) is 0. The van der Waals surface area contributed by atoms with E-state index in [1.165, 1.54) is 24.0 Å². The molecule has 0 N–H and O–H groups in total. The van der Waals surface area contributed by atoms with Crippen molar-refractivity contribution in [2.45, 2.75) is 57.0 Å². The third kappa shape index (κ3) is 3.35. The fourth-order valence-electron chi connectivity index (χ4n) is 3.04. The zero-order valence-corrected chi connectivity index (χ0v) is 15.6. The second-order valence-electron chi connectivity index (χ2n) is 6.61. The molecule has 1 saturated carbocycles. The second kappa shape index (κ2) is 6.67. The van der Waals surface area contributed by atoms with Crippen molar-refractivity contribution in [1.82, 2.24) is 19.7 Å². The normalized spacial score (nSPS) is 14.2. The summed E-state index contributed by atoms with van der Waals surface area (Å²) in [5.41, 5.74) is 4.41. The van der Waals surface area contributed by atoms with Gasteiger partial charge in [0.2, 0.25) is 5.89 Å². The Bertz CT molecular complexity index is 895. The van der Waals surface area contributed by atoms with Gasteiger partial charge in [-0.3, -0.25) is 0 Å². The number of hydrogen-bond acceptors (Lipinski definition) is 5. The van der Waals surface area contributed by atoms with Crippen molar-refractivity contribution >= 4 is 11.8 Å².